The molecule has 0 amide bonds. The van der Waals surface area contributed by atoms with Crippen LogP contribution in [-0.4, -0.2) is 48.6 Å². The third-order valence-electron chi connectivity index (χ3n) is 2.88. The van der Waals surface area contributed by atoms with E-state index in [2.05, 4.69) is 37.6 Å². The van der Waals surface area contributed by atoms with Crippen molar-refractivity contribution in [3.05, 3.63) is 0 Å². The minimum atomic E-state index is 0.721. The molecular formula is C9H20N2. The van der Waals surface area contributed by atoms with Crippen molar-refractivity contribution in [2.24, 2.45) is 0 Å². The van der Waals surface area contributed by atoms with Gasteiger partial charge in [-0.25, -0.2) is 0 Å². The van der Waals surface area contributed by atoms with Crippen LogP contribution in [0.2, 0.25) is 0 Å². The van der Waals surface area contributed by atoms with Crippen molar-refractivity contribution in [1.82, 2.24) is 9.80 Å². The predicted octanol–water partition coefficient (Wildman–Crippen LogP) is 1.03. The molecule has 0 bridgehead atoms. The topological polar surface area (TPSA) is 6.48 Å². The van der Waals surface area contributed by atoms with Crippen molar-refractivity contribution in [3.8, 4) is 0 Å². The van der Waals surface area contributed by atoms with Gasteiger partial charge in [0.05, 0.1) is 0 Å². The molecule has 0 aromatic rings. The third-order valence-corrected chi connectivity index (χ3v) is 2.88. The Bertz CT molecular complexity index is 113. The highest BCUT2D eigenvalue weighted by atomic mass is 15.3. The molecule has 0 aromatic heterocycles. The molecule has 0 saturated carbocycles. The van der Waals surface area contributed by atoms with Crippen LogP contribution < -0.4 is 0 Å². The summed E-state index contributed by atoms with van der Waals surface area (Å²) in [7, 11) is 2.22. The lowest BCUT2D eigenvalue weighted by atomic mass is 10.1. The van der Waals surface area contributed by atoms with Crippen LogP contribution >= 0.6 is 0 Å². The van der Waals surface area contributed by atoms with E-state index in [9.17, 15) is 0 Å². The van der Waals surface area contributed by atoms with Crippen molar-refractivity contribution in [3.63, 3.8) is 0 Å². The summed E-state index contributed by atoms with van der Waals surface area (Å²) in [5.74, 6) is 0. The maximum absolute atomic E-state index is 2.52. The second kappa shape index (κ2) is 3.55. The summed E-state index contributed by atoms with van der Waals surface area (Å²) in [6, 6.07) is 1.44. The molecule has 1 saturated heterocycles. The van der Waals surface area contributed by atoms with Gasteiger partial charge in [0.2, 0.25) is 0 Å². The Labute approximate surface area is 70.2 Å². The molecular weight excluding hydrogens is 136 g/mol. The SMILES string of the molecule is CCN1CC(C)N(C)C(C)C1. The maximum atomic E-state index is 2.52. The first-order chi connectivity index (χ1) is 5.15. The van der Waals surface area contributed by atoms with Crippen LogP contribution in [-0.2, 0) is 0 Å². The van der Waals surface area contributed by atoms with Gasteiger partial charge in [-0.15, -0.1) is 0 Å². The van der Waals surface area contributed by atoms with Crippen molar-refractivity contribution >= 4 is 0 Å². The monoisotopic (exact) mass is 156 g/mol. The van der Waals surface area contributed by atoms with Gasteiger partial charge in [0.25, 0.3) is 0 Å². The first kappa shape index (κ1) is 9.01. The predicted molar refractivity (Wildman–Crippen MR) is 48.8 cm³/mol. The standard InChI is InChI=1S/C9H20N2/c1-5-11-6-8(2)10(4)9(3)7-11/h8-9H,5-7H2,1-4H3. The zero-order valence-corrected chi connectivity index (χ0v) is 8.17. The molecule has 11 heavy (non-hydrogen) atoms. The van der Waals surface area contributed by atoms with Crippen LogP contribution in [0.5, 0.6) is 0 Å². The lowest BCUT2D eigenvalue weighted by Crippen LogP contribution is -2.54. The van der Waals surface area contributed by atoms with Gasteiger partial charge in [-0.2, -0.15) is 0 Å². The van der Waals surface area contributed by atoms with Crippen molar-refractivity contribution < 1.29 is 0 Å². The van der Waals surface area contributed by atoms with E-state index in [0.29, 0.717) is 0 Å². The Morgan fingerprint density at radius 3 is 2.00 bits per heavy atom. The van der Waals surface area contributed by atoms with Gasteiger partial charge >= 0.3 is 0 Å². The molecule has 1 heterocycles. The van der Waals surface area contributed by atoms with Gasteiger partial charge in [-0.3, -0.25) is 4.90 Å². The van der Waals surface area contributed by atoms with Gasteiger partial charge in [-0.05, 0) is 27.4 Å². The average Bonchev–Trinajstić information content (AvgIpc) is 1.99. The smallest absolute Gasteiger partial charge is 0.0195 e. The van der Waals surface area contributed by atoms with Crippen LogP contribution in [0.1, 0.15) is 20.8 Å². The number of piperazine rings is 1. The largest absolute Gasteiger partial charge is 0.301 e. The molecule has 2 atom stereocenters. The summed E-state index contributed by atoms with van der Waals surface area (Å²) >= 11 is 0. The summed E-state index contributed by atoms with van der Waals surface area (Å²) in [6.45, 7) is 10.5. The Morgan fingerprint density at radius 2 is 1.64 bits per heavy atom. The Hall–Kier alpha value is -0.0800. The molecule has 0 N–H and O–H groups in total. The highest BCUT2D eigenvalue weighted by molar-refractivity contribution is 4.81. The van der Waals surface area contributed by atoms with Gasteiger partial charge in [0, 0.05) is 25.2 Å². The van der Waals surface area contributed by atoms with Gasteiger partial charge in [0.15, 0.2) is 0 Å². The van der Waals surface area contributed by atoms with E-state index in [1.807, 2.05) is 0 Å². The van der Waals surface area contributed by atoms with Crippen LogP contribution in [0.4, 0.5) is 0 Å². The van der Waals surface area contributed by atoms with Gasteiger partial charge in [0.1, 0.15) is 0 Å². The molecule has 1 aliphatic heterocycles. The number of hydrogen-bond acceptors (Lipinski definition) is 2. The Balaban J connectivity index is 2.47. The van der Waals surface area contributed by atoms with E-state index in [1.165, 1.54) is 19.6 Å². The highest BCUT2D eigenvalue weighted by Gasteiger charge is 2.24. The zero-order valence-electron chi connectivity index (χ0n) is 8.17. The van der Waals surface area contributed by atoms with Crippen LogP contribution in [0, 0.1) is 0 Å². The minimum Gasteiger partial charge on any atom is -0.301 e. The highest BCUT2D eigenvalue weighted by Crippen LogP contribution is 2.12. The van der Waals surface area contributed by atoms with Crippen molar-refractivity contribution in [2.45, 2.75) is 32.9 Å². The minimum absolute atomic E-state index is 0.721. The normalized spacial score (nSPS) is 36.0. The van der Waals surface area contributed by atoms with Crippen LogP contribution in [0.15, 0.2) is 0 Å². The first-order valence-corrected chi connectivity index (χ1v) is 4.59. The molecule has 0 radical (unpaired) electrons. The maximum Gasteiger partial charge on any atom is 0.0195 e. The number of nitrogens with zero attached hydrogens (tertiary/aromatic N) is 2. The summed E-state index contributed by atoms with van der Waals surface area (Å²) in [5.41, 5.74) is 0. The molecule has 0 aromatic carbocycles. The first-order valence-electron chi connectivity index (χ1n) is 4.59. The lowest BCUT2D eigenvalue weighted by Gasteiger charge is -2.42. The lowest BCUT2D eigenvalue weighted by molar-refractivity contribution is 0.0635. The Kier molecular flexibility index (Phi) is 2.90. The number of likely N-dealkylation sites (N-methyl/N-ethyl adjacent to an activating group) is 2. The molecule has 1 aliphatic rings. The fraction of sp³-hybridized carbons (Fsp3) is 1.00. The van der Waals surface area contributed by atoms with E-state index in [4.69, 9.17) is 0 Å². The average molecular weight is 156 g/mol. The molecule has 1 fully saturated rings. The number of rotatable bonds is 1. The third kappa shape index (κ3) is 1.94. The quantitative estimate of drug-likeness (QED) is 0.559. The summed E-state index contributed by atoms with van der Waals surface area (Å²) < 4.78 is 0. The molecule has 0 aliphatic carbocycles. The van der Waals surface area contributed by atoms with E-state index >= 15 is 0 Å². The van der Waals surface area contributed by atoms with Crippen LogP contribution in [0.25, 0.3) is 0 Å². The molecule has 1 rings (SSSR count). The van der Waals surface area contributed by atoms with Crippen LogP contribution in [0.3, 0.4) is 0 Å². The molecule has 66 valence electrons. The molecule has 2 heteroatoms. The van der Waals surface area contributed by atoms with Crippen molar-refractivity contribution in [1.29, 1.82) is 0 Å². The van der Waals surface area contributed by atoms with E-state index < -0.39 is 0 Å². The second-order valence-corrected chi connectivity index (χ2v) is 3.72. The fourth-order valence-corrected chi connectivity index (χ4v) is 1.77. The Morgan fingerprint density at radius 1 is 1.18 bits per heavy atom. The molecule has 2 nitrogen and oxygen atoms in total. The van der Waals surface area contributed by atoms with Gasteiger partial charge < -0.3 is 4.90 Å². The second-order valence-electron chi connectivity index (χ2n) is 3.72. The van der Waals surface area contributed by atoms with E-state index in [1.54, 1.807) is 0 Å². The molecule has 0 spiro atoms. The summed E-state index contributed by atoms with van der Waals surface area (Å²) in [6.07, 6.45) is 0. The van der Waals surface area contributed by atoms with Crippen molar-refractivity contribution in [2.75, 3.05) is 26.7 Å². The zero-order chi connectivity index (χ0) is 8.43. The molecule has 2 unspecified atom stereocenters. The van der Waals surface area contributed by atoms with Gasteiger partial charge in [-0.1, -0.05) is 6.92 Å². The summed E-state index contributed by atoms with van der Waals surface area (Å²) in [4.78, 5) is 4.99. The van der Waals surface area contributed by atoms with E-state index in [-0.39, 0.29) is 0 Å². The summed E-state index contributed by atoms with van der Waals surface area (Å²) in [5, 5.41) is 0. The fourth-order valence-electron chi connectivity index (χ4n) is 1.77. The van der Waals surface area contributed by atoms with E-state index in [0.717, 1.165) is 12.1 Å². The number of hydrogen-bond donors (Lipinski definition) is 0.